The van der Waals surface area contributed by atoms with Crippen LogP contribution in [0.15, 0.2) is 53.3 Å². The molecule has 23 heavy (non-hydrogen) atoms. The Kier molecular flexibility index (Phi) is 5.12. The molecule has 0 radical (unpaired) electrons. The molecule has 2 aromatic rings. The molecule has 0 aliphatic carbocycles. The third kappa shape index (κ3) is 4.22. The molecular formula is C17H19BrN4O. The van der Waals surface area contributed by atoms with Crippen molar-refractivity contribution < 1.29 is 4.79 Å². The van der Waals surface area contributed by atoms with E-state index in [1.165, 1.54) is 5.69 Å². The van der Waals surface area contributed by atoms with Crippen molar-refractivity contribution in [2.45, 2.75) is 6.54 Å². The monoisotopic (exact) mass is 374 g/mol. The zero-order chi connectivity index (χ0) is 16.1. The number of anilines is 1. The highest BCUT2D eigenvalue weighted by atomic mass is 79.9. The summed E-state index contributed by atoms with van der Waals surface area (Å²) in [5.41, 5.74) is 2.21. The molecule has 2 amide bonds. The van der Waals surface area contributed by atoms with E-state index in [2.05, 4.69) is 43.3 Å². The van der Waals surface area contributed by atoms with E-state index < -0.39 is 0 Å². The molecule has 0 saturated carbocycles. The Morgan fingerprint density at radius 2 is 1.87 bits per heavy atom. The zero-order valence-corrected chi connectivity index (χ0v) is 14.4. The first-order valence-electron chi connectivity index (χ1n) is 7.64. The third-order valence-electron chi connectivity index (χ3n) is 3.93. The number of carbonyl (C=O) groups is 1. The van der Waals surface area contributed by atoms with E-state index >= 15 is 0 Å². The zero-order valence-electron chi connectivity index (χ0n) is 12.8. The fraction of sp³-hybridized carbons (Fsp3) is 0.294. The molecule has 0 unspecified atom stereocenters. The van der Waals surface area contributed by atoms with Crippen LogP contribution in [0, 0.1) is 0 Å². The molecule has 1 saturated heterocycles. The molecule has 1 fully saturated rings. The molecule has 1 aliphatic heterocycles. The average molecular weight is 375 g/mol. The Balaban J connectivity index is 1.48. The second kappa shape index (κ2) is 7.46. The van der Waals surface area contributed by atoms with Gasteiger partial charge in [0.2, 0.25) is 0 Å². The predicted octanol–water partition coefficient (Wildman–Crippen LogP) is 2.88. The molecule has 5 nitrogen and oxygen atoms in total. The molecule has 120 valence electrons. The van der Waals surface area contributed by atoms with Crippen LogP contribution >= 0.6 is 15.9 Å². The summed E-state index contributed by atoms with van der Waals surface area (Å²) in [6.07, 6.45) is 3.50. The number of aromatic nitrogens is 1. The summed E-state index contributed by atoms with van der Waals surface area (Å²) in [6, 6.07) is 12.1. The van der Waals surface area contributed by atoms with Crippen LogP contribution in [0.2, 0.25) is 0 Å². The minimum absolute atomic E-state index is 0.00990. The molecule has 0 atom stereocenters. The molecule has 0 spiro atoms. The summed E-state index contributed by atoms with van der Waals surface area (Å²) in [6.45, 7) is 3.67. The molecule has 1 aliphatic rings. The molecule has 6 heteroatoms. The van der Waals surface area contributed by atoms with E-state index in [0.29, 0.717) is 6.54 Å². The summed E-state index contributed by atoms with van der Waals surface area (Å²) in [5, 5.41) is 2.95. The lowest BCUT2D eigenvalue weighted by molar-refractivity contribution is 0.194. The molecule has 0 bridgehead atoms. The number of hydrogen-bond donors (Lipinski definition) is 1. The highest BCUT2D eigenvalue weighted by Gasteiger charge is 2.20. The first-order valence-corrected chi connectivity index (χ1v) is 8.44. The fourth-order valence-electron chi connectivity index (χ4n) is 2.61. The van der Waals surface area contributed by atoms with Gasteiger partial charge in [-0.25, -0.2) is 4.79 Å². The van der Waals surface area contributed by atoms with Crippen LogP contribution < -0.4 is 10.2 Å². The molecule has 2 heterocycles. The molecule has 3 rings (SSSR count). The number of amides is 2. The SMILES string of the molecule is O=C(NCc1cccnc1)N1CCN(c2ccc(Br)cc2)CC1. The first-order chi connectivity index (χ1) is 11.2. The van der Waals surface area contributed by atoms with Crippen LogP contribution in [0.3, 0.4) is 0 Å². The van der Waals surface area contributed by atoms with Crippen LogP contribution in [0.5, 0.6) is 0 Å². The summed E-state index contributed by atoms with van der Waals surface area (Å²) in [5.74, 6) is 0. The van der Waals surface area contributed by atoms with Gasteiger partial charge in [-0.15, -0.1) is 0 Å². The Hall–Kier alpha value is -2.08. The van der Waals surface area contributed by atoms with Crippen LogP contribution in [0.25, 0.3) is 0 Å². The summed E-state index contributed by atoms with van der Waals surface area (Å²) in [4.78, 5) is 20.4. The molecular weight excluding hydrogens is 356 g/mol. The van der Waals surface area contributed by atoms with Crippen molar-refractivity contribution in [3.8, 4) is 0 Å². The number of carbonyl (C=O) groups excluding carboxylic acids is 1. The normalized spacial score (nSPS) is 14.7. The Labute approximate surface area is 144 Å². The Morgan fingerprint density at radius 3 is 2.52 bits per heavy atom. The number of nitrogens with one attached hydrogen (secondary N) is 1. The highest BCUT2D eigenvalue weighted by molar-refractivity contribution is 9.10. The number of rotatable bonds is 3. The van der Waals surface area contributed by atoms with Crippen molar-refractivity contribution in [1.82, 2.24) is 15.2 Å². The lowest BCUT2D eigenvalue weighted by Crippen LogP contribution is -2.51. The number of benzene rings is 1. The van der Waals surface area contributed by atoms with Crippen molar-refractivity contribution in [2.75, 3.05) is 31.1 Å². The van der Waals surface area contributed by atoms with E-state index in [1.54, 1.807) is 12.4 Å². The largest absolute Gasteiger partial charge is 0.368 e. The van der Waals surface area contributed by atoms with Gasteiger partial charge in [0.05, 0.1) is 0 Å². The maximum atomic E-state index is 12.2. The van der Waals surface area contributed by atoms with Crippen LogP contribution in [0.1, 0.15) is 5.56 Å². The average Bonchev–Trinajstić information content (AvgIpc) is 2.61. The Bertz CT molecular complexity index is 639. The lowest BCUT2D eigenvalue weighted by atomic mass is 10.2. The van der Waals surface area contributed by atoms with Gasteiger partial charge in [0.15, 0.2) is 0 Å². The van der Waals surface area contributed by atoms with Crippen LogP contribution in [-0.2, 0) is 6.54 Å². The van der Waals surface area contributed by atoms with E-state index in [1.807, 2.05) is 29.2 Å². The summed E-state index contributed by atoms with van der Waals surface area (Å²) < 4.78 is 1.08. The summed E-state index contributed by atoms with van der Waals surface area (Å²) in [7, 11) is 0. The van der Waals surface area contributed by atoms with Gasteiger partial charge >= 0.3 is 6.03 Å². The fourth-order valence-corrected chi connectivity index (χ4v) is 2.88. The van der Waals surface area contributed by atoms with Gasteiger partial charge in [-0.2, -0.15) is 0 Å². The van der Waals surface area contributed by atoms with Crippen molar-refractivity contribution >= 4 is 27.6 Å². The first kappa shape index (κ1) is 15.8. The van der Waals surface area contributed by atoms with Crippen molar-refractivity contribution in [2.24, 2.45) is 0 Å². The third-order valence-corrected chi connectivity index (χ3v) is 4.45. The van der Waals surface area contributed by atoms with Crippen LogP contribution in [0.4, 0.5) is 10.5 Å². The predicted molar refractivity (Wildman–Crippen MR) is 94.4 cm³/mol. The number of halogens is 1. The second-order valence-corrected chi connectivity index (χ2v) is 6.39. The smallest absolute Gasteiger partial charge is 0.317 e. The van der Waals surface area contributed by atoms with E-state index in [9.17, 15) is 4.79 Å². The maximum Gasteiger partial charge on any atom is 0.317 e. The quantitative estimate of drug-likeness (QED) is 0.898. The van der Waals surface area contributed by atoms with Crippen LogP contribution in [-0.4, -0.2) is 42.1 Å². The lowest BCUT2D eigenvalue weighted by Gasteiger charge is -2.36. The van der Waals surface area contributed by atoms with Gasteiger partial charge in [-0.1, -0.05) is 22.0 Å². The number of hydrogen-bond acceptors (Lipinski definition) is 3. The van der Waals surface area contributed by atoms with Gasteiger partial charge in [-0.05, 0) is 35.9 Å². The van der Waals surface area contributed by atoms with E-state index in [-0.39, 0.29) is 6.03 Å². The Morgan fingerprint density at radius 1 is 1.13 bits per heavy atom. The molecule has 1 aromatic heterocycles. The van der Waals surface area contributed by atoms with Gasteiger partial charge in [0, 0.05) is 55.3 Å². The highest BCUT2D eigenvalue weighted by Crippen LogP contribution is 2.19. The maximum absolute atomic E-state index is 12.2. The van der Waals surface area contributed by atoms with Gasteiger partial charge < -0.3 is 15.1 Å². The minimum atomic E-state index is -0.00990. The van der Waals surface area contributed by atoms with E-state index in [4.69, 9.17) is 0 Å². The topological polar surface area (TPSA) is 48.5 Å². The number of urea groups is 1. The molecule has 1 N–H and O–H groups in total. The van der Waals surface area contributed by atoms with Gasteiger partial charge in [-0.3, -0.25) is 4.98 Å². The minimum Gasteiger partial charge on any atom is -0.368 e. The number of nitrogens with zero attached hydrogens (tertiary/aromatic N) is 3. The standard InChI is InChI=1S/C17H19BrN4O/c18-15-3-5-16(6-4-15)21-8-10-22(11-9-21)17(23)20-13-14-2-1-7-19-12-14/h1-7,12H,8-11,13H2,(H,20,23). The van der Waals surface area contributed by atoms with E-state index in [0.717, 1.165) is 36.2 Å². The number of piperazine rings is 1. The van der Waals surface area contributed by atoms with Gasteiger partial charge in [0.25, 0.3) is 0 Å². The van der Waals surface area contributed by atoms with Crippen molar-refractivity contribution in [3.05, 3.63) is 58.8 Å². The second-order valence-electron chi connectivity index (χ2n) is 5.47. The van der Waals surface area contributed by atoms with Crippen molar-refractivity contribution in [1.29, 1.82) is 0 Å². The molecule has 1 aromatic carbocycles. The number of pyridine rings is 1. The van der Waals surface area contributed by atoms with Crippen molar-refractivity contribution in [3.63, 3.8) is 0 Å². The van der Waals surface area contributed by atoms with Gasteiger partial charge in [0.1, 0.15) is 0 Å². The summed E-state index contributed by atoms with van der Waals surface area (Å²) >= 11 is 3.45.